The first-order chi connectivity index (χ1) is 13.2. The molecule has 4 rings (SSSR count). The number of piperazine rings is 1. The summed E-state index contributed by atoms with van der Waals surface area (Å²) in [6, 6.07) is 0.368. The lowest BCUT2D eigenvalue weighted by molar-refractivity contribution is 0.0599. The van der Waals surface area contributed by atoms with Crippen LogP contribution in [0, 0.1) is 12.8 Å². The molecule has 7 nitrogen and oxygen atoms in total. The number of nitrogens with one attached hydrogen (secondary N) is 1. The maximum absolute atomic E-state index is 13.0. The zero-order valence-corrected chi connectivity index (χ0v) is 19.1. The number of aromatic nitrogens is 3. The SMILES string of the molecule is Cc1c(C(=O)N2CCN(CC3CCCCC3)CC2)nnn1C1CCNCC1.Cl.Cl. The van der Waals surface area contributed by atoms with E-state index in [4.69, 9.17) is 0 Å². The van der Waals surface area contributed by atoms with E-state index in [-0.39, 0.29) is 30.7 Å². The van der Waals surface area contributed by atoms with Crippen LogP contribution in [-0.4, -0.2) is 76.5 Å². The summed E-state index contributed by atoms with van der Waals surface area (Å²) in [5.41, 5.74) is 1.48. The third-order valence-electron chi connectivity index (χ3n) is 6.69. The second kappa shape index (κ2) is 11.5. The van der Waals surface area contributed by atoms with E-state index in [1.54, 1.807) is 0 Å². The van der Waals surface area contributed by atoms with Gasteiger partial charge >= 0.3 is 0 Å². The van der Waals surface area contributed by atoms with Gasteiger partial charge in [0.15, 0.2) is 5.69 Å². The summed E-state index contributed by atoms with van der Waals surface area (Å²) in [7, 11) is 0. The molecule has 1 aromatic rings. The van der Waals surface area contributed by atoms with Crippen molar-refractivity contribution in [2.24, 2.45) is 5.92 Å². The summed E-state index contributed by atoms with van der Waals surface area (Å²) in [6.07, 6.45) is 9.09. The van der Waals surface area contributed by atoms with Gasteiger partial charge in [0.1, 0.15) is 0 Å². The lowest BCUT2D eigenvalue weighted by atomic mass is 9.89. The summed E-state index contributed by atoms with van der Waals surface area (Å²) in [5, 5.41) is 12.0. The number of hydrogen-bond donors (Lipinski definition) is 1. The Hall–Kier alpha value is -0.890. The zero-order chi connectivity index (χ0) is 18.6. The molecule has 0 atom stereocenters. The van der Waals surface area contributed by atoms with Crippen molar-refractivity contribution in [3.05, 3.63) is 11.4 Å². The molecule has 1 aliphatic carbocycles. The normalized spacial score (nSPS) is 22.0. The molecule has 2 saturated heterocycles. The highest BCUT2D eigenvalue weighted by Crippen LogP contribution is 2.25. The van der Waals surface area contributed by atoms with Gasteiger partial charge in [-0.15, -0.1) is 29.9 Å². The van der Waals surface area contributed by atoms with Crippen LogP contribution in [-0.2, 0) is 0 Å². The van der Waals surface area contributed by atoms with Gasteiger partial charge in [-0.25, -0.2) is 4.68 Å². The smallest absolute Gasteiger partial charge is 0.276 e. The number of halogens is 2. The van der Waals surface area contributed by atoms with E-state index < -0.39 is 0 Å². The van der Waals surface area contributed by atoms with Gasteiger partial charge in [0.05, 0.1) is 11.7 Å². The second-order valence-corrected chi connectivity index (χ2v) is 8.55. The van der Waals surface area contributed by atoms with Crippen LogP contribution in [0.4, 0.5) is 0 Å². The summed E-state index contributed by atoms with van der Waals surface area (Å²) in [6.45, 7) is 8.83. The molecule has 29 heavy (non-hydrogen) atoms. The molecule has 0 unspecified atom stereocenters. The number of carbonyl (C=O) groups excluding carboxylic acids is 1. The maximum Gasteiger partial charge on any atom is 0.276 e. The van der Waals surface area contributed by atoms with Crippen LogP contribution in [0.25, 0.3) is 0 Å². The highest BCUT2D eigenvalue weighted by atomic mass is 35.5. The van der Waals surface area contributed by atoms with E-state index in [1.807, 2.05) is 16.5 Å². The fourth-order valence-corrected chi connectivity index (χ4v) is 4.95. The van der Waals surface area contributed by atoms with Crippen molar-refractivity contribution in [1.29, 1.82) is 0 Å². The van der Waals surface area contributed by atoms with Gasteiger partial charge in [0.25, 0.3) is 5.91 Å². The standard InChI is InChI=1S/C20H34N6O.2ClH/c1-16-19(22-23-26(16)18-7-9-21-10-8-18)20(27)25-13-11-24(12-14-25)15-17-5-3-2-4-6-17;;/h17-18,21H,2-15H2,1H3;2*1H. The lowest BCUT2D eigenvalue weighted by Crippen LogP contribution is -2.50. The molecule has 3 heterocycles. The van der Waals surface area contributed by atoms with Gasteiger partial charge in [-0.2, -0.15) is 0 Å². The molecule has 0 spiro atoms. The minimum absolute atomic E-state index is 0. The molecule has 1 aromatic heterocycles. The van der Waals surface area contributed by atoms with Crippen molar-refractivity contribution in [2.45, 2.75) is 57.9 Å². The Morgan fingerprint density at radius 3 is 2.31 bits per heavy atom. The number of amides is 1. The monoisotopic (exact) mass is 446 g/mol. The molecule has 9 heteroatoms. The number of carbonyl (C=O) groups is 1. The summed E-state index contributed by atoms with van der Waals surface area (Å²) in [4.78, 5) is 17.5. The molecular formula is C20H36Cl2N6O. The molecular weight excluding hydrogens is 411 g/mol. The highest BCUT2D eigenvalue weighted by Gasteiger charge is 2.29. The Balaban J connectivity index is 0.00000150. The zero-order valence-electron chi connectivity index (χ0n) is 17.5. The van der Waals surface area contributed by atoms with E-state index in [2.05, 4.69) is 20.5 Å². The molecule has 0 bridgehead atoms. The summed E-state index contributed by atoms with van der Waals surface area (Å²) < 4.78 is 1.98. The average Bonchev–Trinajstić information content (AvgIpc) is 3.11. The van der Waals surface area contributed by atoms with Crippen LogP contribution in [0.5, 0.6) is 0 Å². The van der Waals surface area contributed by atoms with Gasteiger partial charge in [-0.3, -0.25) is 9.69 Å². The molecule has 1 N–H and O–H groups in total. The first-order valence-electron chi connectivity index (χ1n) is 10.9. The lowest BCUT2D eigenvalue weighted by Gasteiger charge is -2.37. The van der Waals surface area contributed by atoms with Crippen molar-refractivity contribution in [1.82, 2.24) is 30.1 Å². The minimum atomic E-state index is 0. The molecule has 0 radical (unpaired) electrons. The molecule has 166 valence electrons. The first-order valence-corrected chi connectivity index (χ1v) is 10.9. The summed E-state index contributed by atoms with van der Waals surface area (Å²) in [5.74, 6) is 0.929. The molecule has 3 aliphatic rings. The molecule has 3 fully saturated rings. The molecule has 0 aromatic carbocycles. The van der Waals surface area contributed by atoms with Crippen molar-refractivity contribution in [2.75, 3.05) is 45.8 Å². The predicted molar refractivity (Wildman–Crippen MR) is 119 cm³/mol. The molecule has 1 amide bonds. The van der Waals surface area contributed by atoms with E-state index in [1.165, 1.54) is 38.6 Å². The Kier molecular flexibility index (Phi) is 9.66. The largest absolute Gasteiger partial charge is 0.335 e. The minimum Gasteiger partial charge on any atom is -0.335 e. The predicted octanol–water partition coefficient (Wildman–Crippen LogP) is 2.69. The number of hydrogen-bond acceptors (Lipinski definition) is 5. The third kappa shape index (κ3) is 5.84. The quantitative estimate of drug-likeness (QED) is 0.769. The Morgan fingerprint density at radius 2 is 1.66 bits per heavy atom. The topological polar surface area (TPSA) is 66.3 Å². The van der Waals surface area contributed by atoms with E-state index in [0.717, 1.165) is 63.7 Å². The second-order valence-electron chi connectivity index (χ2n) is 8.55. The van der Waals surface area contributed by atoms with E-state index in [9.17, 15) is 4.79 Å². The van der Waals surface area contributed by atoms with E-state index in [0.29, 0.717) is 11.7 Å². The van der Waals surface area contributed by atoms with Gasteiger partial charge in [-0.1, -0.05) is 24.5 Å². The molecule has 2 aliphatic heterocycles. The fourth-order valence-electron chi connectivity index (χ4n) is 4.95. The van der Waals surface area contributed by atoms with E-state index >= 15 is 0 Å². The van der Waals surface area contributed by atoms with Crippen LogP contribution in [0.15, 0.2) is 0 Å². The van der Waals surface area contributed by atoms with Crippen LogP contribution in [0.2, 0.25) is 0 Å². The Morgan fingerprint density at radius 1 is 1.00 bits per heavy atom. The fraction of sp³-hybridized carbons (Fsp3) is 0.850. The number of nitrogens with zero attached hydrogens (tertiary/aromatic N) is 5. The average molecular weight is 447 g/mol. The highest BCUT2D eigenvalue weighted by molar-refractivity contribution is 5.93. The van der Waals surface area contributed by atoms with Crippen LogP contribution in [0.1, 0.15) is 67.2 Å². The van der Waals surface area contributed by atoms with Gasteiger partial charge in [-0.05, 0) is 51.6 Å². The summed E-state index contributed by atoms with van der Waals surface area (Å²) >= 11 is 0. The van der Waals surface area contributed by atoms with Crippen LogP contribution >= 0.6 is 24.8 Å². The van der Waals surface area contributed by atoms with Crippen molar-refractivity contribution in [3.8, 4) is 0 Å². The Bertz CT molecular complexity index is 635. The van der Waals surface area contributed by atoms with Crippen molar-refractivity contribution < 1.29 is 4.79 Å². The Labute approximate surface area is 186 Å². The maximum atomic E-state index is 13.0. The van der Waals surface area contributed by atoms with Gasteiger partial charge in [0, 0.05) is 32.7 Å². The van der Waals surface area contributed by atoms with Gasteiger partial charge in [0.2, 0.25) is 0 Å². The number of piperidine rings is 1. The van der Waals surface area contributed by atoms with Crippen LogP contribution < -0.4 is 5.32 Å². The van der Waals surface area contributed by atoms with Crippen molar-refractivity contribution >= 4 is 30.7 Å². The number of rotatable bonds is 4. The first kappa shape index (κ1) is 24.4. The van der Waals surface area contributed by atoms with Crippen molar-refractivity contribution in [3.63, 3.8) is 0 Å². The van der Waals surface area contributed by atoms with Crippen LogP contribution in [0.3, 0.4) is 0 Å². The third-order valence-corrected chi connectivity index (χ3v) is 6.69. The molecule has 1 saturated carbocycles. The van der Waals surface area contributed by atoms with Gasteiger partial charge < -0.3 is 10.2 Å².